The number of ether oxygens (including phenoxy) is 2. The predicted octanol–water partition coefficient (Wildman–Crippen LogP) is 3.71. The molecular weight excluding hydrogens is 380 g/mol. The first kappa shape index (κ1) is 23.3. The molecule has 6 heteroatoms. The Bertz CT molecular complexity index is 835. The minimum Gasteiger partial charge on any atom is -0.497 e. The number of nitrogens with one attached hydrogen (secondary N) is 1. The number of methoxy groups -OCH3 is 1. The molecule has 162 valence electrons. The fourth-order valence-electron chi connectivity index (χ4n) is 2.96. The molecule has 2 aromatic carbocycles. The molecule has 0 saturated carbocycles. The summed E-state index contributed by atoms with van der Waals surface area (Å²) in [7, 11) is 1.59. The van der Waals surface area contributed by atoms with Crippen LogP contribution in [0.4, 0.5) is 0 Å². The van der Waals surface area contributed by atoms with Crippen molar-refractivity contribution < 1.29 is 19.1 Å². The van der Waals surface area contributed by atoms with E-state index in [1.807, 2.05) is 45.0 Å². The Kier molecular flexibility index (Phi) is 8.71. The van der Waals surface area contributed by atoms with E-state index in [0.717, 1.165) is 17.5 Å². The van der Waals surface area contributed by atoms with Gasteiger partial charge in [0.05, 0.1) is 7.11 Å². The minimum absolute atomic E-state index is 0.0476. The molecule has 6 nitrogen and oxygen atoms in total. The molecule has 30 heavy (non-hydrogen) atoms. The van der Waals surface area contributed by atoms with Crippen molar-refractivity contribution in [2.45, 2.75) is 52.7 Å². The van der Waals surface area contributed by atoms with E-state index in [9.17, 15) is 9.59 Å². The summed E-state index contributed by atoms with van der Waals surface area (Å²) in [5.74, 6) is 0.857. The summed E-state index contributed by atoms with van der Waals surface area (Å²) in [5.41, 5.74) is 2.07. The number of rotatable bonds is 10. The zero-order valence-electron chi connectivity index (χ0n) is 18.5. The van der Waals surface area contributed by atoms with Gasteiger partial charge in [-0.2, -0.15) is 0 Å². The topological polar surface area (TPSA) is 67.9 Å². The third-order valence-electron chi connectivity index (χ3n) is 5.03. The summed E-state index contributed by atoms with van der Waals surface area (Å²) in [6.07, 6.45) is 0.824. The molecule has 2 amide bonds. The Balaban J connectivity index is 2.13. The lowest BCUT2D eigenvalue weighted by Crippen LogP contribution is -2.50. The molecular formula is C24H32N2O4. The maximum absolute atomic E-state index is 13.0. The first-order valence-electron chi connectivity index (χ1n) is 10.3. The molecule has 2 atom stereocenters. The van der Waals surface area contributed by atoms with Gasteiger partial charge in [0.2, 0.25) is 5.91 Å². The predicted molar refractivity (Wildman–Crippen MR) is 118 cm³/mol. The lowest BCUT2D eigenvalue weighted by Gasteiger charge is -2.29. The van der Waals surface area contributed by atoms with Crippen molar-refractivity contribution >= 4 is 11.8 Å². The number of carbonyl (C=O) groups is 2. The van der Waals surface area contributed by atoms with Crippen LogP contribution in [-0.4, -0.2) is 42.5 Å². The fraction of sp³-hybridized carbons (Fsp3) is 0.417. The molecule has 0 aliphatic carbocycles. The van der Waals surface area contributed by atoms with Gasteiger partial charge in [0.15, 0.2) is 6.61 Å². The van der Waals surface area contributed by atoms with Crippen molar-refractivity contribution in [3.8, 4) is 11.5 Å². The van der Waals surface area contributed by atoms with E-state index in [1.54, 1.807) is 43.2 Å². The lowest BCUT2D eigenvalue weighted by atomic mass is 10.1. The minimum atomic E-state index is -0.619. The molecule has 0 aliphatic rings. The largest absolute Gasteiger partial charge is 0.497 e. The summed E-state index contributed by atoms with van der Waals surface area (Å²) < 4.78 is 10.8. The second-order valence-corrected chi connectivity index (χ2v) is 7.47. The average Bonchev–Trinajstić information content (AvgIpc) is 2.75. The highest BCUT2D eigenvalue weighted by atomic mass is 16.5. The van der Waals surface area contributed by atoms with Gasteiger partial charge in [-0.25, -0.2) is 0 Å². The number of benzene rings is 2. The van der Waals surface area contributed by atoms with Gasteiger partial charge in [0.25, 0.3) is 5.91 Å². The monoisotopic (exact) mass is 412 g/mol. The normalized spacial score (nSPS) is 12.6. The van der Waals surface area contributed by atoms with Crippen molar-refractivity contribution in [2.24, 2.45) is 0 Å². The highest BCUT2D eigenvalue weighted by Crippen LogP contribution is 2.18. The molecule has 0 radical (unpaired) electrons. The van der Waals surface area contributed by atoms with Crippen molar-refractivity contribution in [2.75, 3.05) is 13.7 Å². The summed E-state index contributed by atoms with van der Waals surface area (Å²) in [6, 6.07) is 14.4. The van der Waals surface area contributed by atoms with Crippen LogP contribution in [0.3, 0.4) is 0 Å². The van der Waals surface area contributed by atoms with Gasteiger partial charge in [-0.1, -0.05) is 36.8 Å². The Morgan fingerprint density at radius 1 is 1.07 bits per heavy atom. The van der Waals surface area contributed by atoms with Gasteiger partial charge < -0.3 is 19.7 Å². The molecule has 0 aromatic heterocycles. The molecule has 0 unspecified atom stereocenters. The van der Waals surface area contributed by atoms with E-state index in [4.69, 9.17) is 9.47 Å². The highest BCUT2D eigenvalue weighted by Gasteiger charge is 2.27. The maximum atomic E-state index is 13.0. The van der Waals surface area contributed by atoms with Crippen LogP contribution in [0, 0.1) is 6.92 Å². The summed E-state index contributed by atoms with van der Waals surface area (Å²) in [4.78, 5) is 27.3. The number of carbonyl (C=O) groups excluding carboxylic acids is 2. The fourth-order valence-corrected chi connectivity index (χ4v) is 2.96. The van der Waals surface area contributed by atoms with Crippen LogP contribution < -0.4 is 14.8 Å². The van der Waals surface area contributed by atoms with Crippen LogP contribution >= 0.6 is 0 Å². The van der Waals surface area contributed by atoms with Crippen LogP contribution in [0.1, 0.15) is 38.3 Å². The number of aryl methyl sites for hydroxylation is 1. The molecule has 0 saturated heterocycles. The second-order valence-electron chi connectivity index (χ2n) is 7.47. The zero-order valence-corrected chi connectivity index (χ0v) is 18.5. The summed E-state index contributed by atoms with van der Waals surface area (Å²) in [6.45, 7) is 7.89. The van der Waals surface area contributed by atoms with Gasteiger partial charge in [-0.05, 0) is 57.0 Å². The SMILES string of the molecule is CC[C@@H](C)NC(=O)[C@H](C)N(Cc1cccc(C)c1)C(=O)COc1ccc(OC)cc1. The second kappa shape index (κ2) is 11.2. The van der Waals surface area contributed by atoms with Gasteiger partial charge in [0, 0.05) is 12.6 Å². The third-order valence-corrected chi connectivity index (χ3v) is 5.03. The Morgan fingerprint density at radius 2 is 1.73 bits per heavy atom. The van der Waals surface area contributed by atoms with Gasteiger partial charge in [-0.15, -0.1) is 0 Å². The van der Waals surface area contributed by atoms with Gasteiger partial charge in [0.1, 0.15) is 17.5 Å². The smallest absolute Gasteiger partial charge is 0.261 e. The molecule has 0 heterocycles. The Labute approximate surface area is 179 Å². The molecule has 0 bridgehead atoms. The first-order chi connectivity index (χ1) is 14.3. The summed E-state index contributed by atoms with van der Waals surface area (Å²) in [5, 5.41) is 2.96. The van der Waals surface area contributed by atoms with Crippen LogP contribution in [0.2, 0.25) is 0 Å². The van der Waals surface area contributed by atoms with E-state index in [2.05, 4.69) is 5.32 Å². The maximum Gasteiger partial charge on any atom is 0.261 e. The van der Waals surface area contributed by atoms with Crippen molar-refractivity contribution in [3.05, 3.63) is 59.7 Å². The standard InChI is InChI=1S/C24H32N2O4/c1-6-18(3)25-24(28)19(4)26(15-20-9-7-8-17(2)14-20)23(27)16-30-22-12-10-21(29-5)11-13-22/h7-14,18-19H,6,15-16H2,1-5H3,(H,25,28)/t18-,19+/m1/s1. The van der Waals surface area contributed by atoms with Gasteiger partial charge >= 0.3 is 0 Å². The van der Waals surface area contributed by atoms with E-state index < -0.39 is 6.04 Å². The molecule has 1 N–H and O–H groups in total. The van der Waals surface area contributed by atoms with E-state index in [0.29, 0.717) is 18.0 Å². The number of hydrogen-bond donors (Lipinski definition) is 1. The molecule has 2 aromatic rings. The van der Waals surface area contributed by atoms with Crippen LogP contribution in [0.15, 0.2) is 48.5 Å². The molecule has 2 rings (SSSR count). The third kappa shape index (κ3) is 6.79. The lowest BCUT2D eigenvalue weighted by molar-refractivity contribution is -0.142. The van der Waals surface area contributed by atoms with Gasteiger partial charge in [-0.3, -0.25) is 9.59 Å². The number of amides is 2. The van der Waals surface area contributed by atoms with Crippen molar-refractivity contribution in [1.29, 1.82) is 0 Å². The van der Waals surface area contributed by atoms with E-state index in [1.165, 1.54) is 0 Å². The zero-order chi connectivity index (χ0) is 22.1. The molecule has 0 fully saturated rings. The van der Waals surface area contributed by atoms with E-state index in [-0.39, 0.29) is 24.5 Å². The number of hydrogen-bond acceptors (Lipinski definition) is 4. The molecule has 0 spiro atoms. The van der Waals surface area contributed by atoms with Crippen LogP contribution in [-0.2, 0) is 16.1 Å². The van der Waals surface area contributed by atoms with E-state index >= 15 is 0 Å². The first-order valence-corrected chi connectivity index (χ1v) is 10.3. The van der Waals surface area contributed by atoms with Crippen molar-refractivity contribution in [3.63, 3.8) is 0 Å². The average molecular weight is 413 g/mol. The van der Waals surface area contributed by atoms with Crippen LogP contribution in [0.25, 0.3) is 0 Å². The Hall–Kier alpha value is -3.02. The van der Waals surface area contributed by atoms with Crippen molar-refractivity contribution in [1.82, 2.24) is 10.2 Å². The summed E-state index contributed by atoms with van der Waals surface area (Å²) >= 11 is 0. The van der Waals surface area contributed by atoms with Crippen LogP contribution in [0.5, 0.6) is 11.5 Å². The molecule has 0 aliphatic heterocycles. The Morgan fingerprint density at radius 3 is 2.33 bits per heavy atom. The quantitative estimate of drug-likeness (QED) is 0.646. The number of nitrogens with zero attached hydrogens (tertiary/aromatic N) is 1. The highest BCUT2D eigenvalue weighted by molar-refractivity contribution is 5.88.